The molecule has 0 bridgehead atoms. The van der Waals surface area contributed by atoms with Crippen LogP contribution in [-0.4, -0.2) is 73.6 Å². The first kappa shape index (κ1) is 22.6. The summed E-state index contributed by atoms with van der Waals surface area (Å²) >= 11 is 0. The highest BCUT2D eigenvalue weighted by Crippen LogP contribution is 2.38. The lowest BCUT2D eigenvalue weighted by molar-refractivity contribution is -0.240. The molecule has 11 heteroatoms. The van der Waals surface area contributed by atoms with Crippen molar-refractivity contribution in [3.8, 4) is 0 Å². The minimum atomic E-state index is -1.16. The zero-order valence-electron chi connectivity index (χ0n) is 16.6. The summed E-state index contributed by atoms with van der Waals surface area (Å²) in [7, 11) is 0. The van der Waals surface area contributed by atoms with Crippen molar-refractivity contribution in [2.24, 2.45) is 5.92 Å². The summed E-state index contributed by atoms with van der Waals surface area (Å²) in [5, 5.41) is 0. The van der Waals surface area contributed by atoms with Crippen molar-refractivity contribution in [2.45, 2.75) is 64.6 Å². The van der Waals surface area contributed by atoms with Crippen LogP contribution in [0.2, 0.25) is 0 Å². The fourth-order valence-electron chi connectivity index (χ4n) is 3.36. The molecule has 11 nitrogen and oxygen atoms in total. The van der Waals surface area contributed by atoms with Gasteiger partial charge in [0, 0.05) is 27.7 Å². The monoisotopic (exact) mass is 416 g/mol. The normalized spacial score (nSPS) is 30.6. The second kappa shape index (κ2) is 9.68. The van der Waals surface area contributed by atoms with E-state index in [9.17, 15) is 24.0 Å². The third-order valence-corrected chi connectivity index (χ3v) is 4.41. The minimum absolute atomic E-state index is 0.0398. The van der Waals surface area contributed by atoms with Crippen molar-refractivity contribution < 1.29 is 52.4 Å². The molecule has 0 aromatic carbocycles. The number of carbonyl (C=O) groups is 5. The Balaban J connectivity index is 2.28. The van der Waals surface area contributed by atoms with Crippen molar-refractivity contribution in [2.75, 3.05) is 13.2 Å². The minimum Gasteiger partial charge on any atom is -0.466 e. The van der Waals surface area contributed by atoms with Crippen molar-refractivity contribution in [3.05, 3.63) is 0 Å². The third-order valence-electron chi connectivity index (χ3n) is 4.41. The van der Waals surface area contributed by atoms with Crippen molar-refractivity contribution in [1.82, 2.24) is 0 Å². The highest BCUT2D eigenvalue weighted by molar-refractivity contribution is 5.76. The van der Waals surface area contributed by atoms with E-state index in [1.54, 1.807) is 0 Å². The molecular formula is C18H24O11. The van der Waals surface area contributed by atoms with Gasteiger partial charge in [-0.05, 0) is 6.42 Å². The van der Waals surface area contributed by atoms with Gasteiger partial charge in [-0.2, -0.15) is 0 Å². The first-order chi connectivity index (χ1) is 13.6. The Hall–Kier alpha value is -2.69. The molecule has 0 aromatic heterocycles. The Morgan fingerprint density at radius 1 is 0.828 bits per heavy atom. The highest BCUT2D eigenvalue weighted by atomic mass is 16.7. The van der Waals surface area contributed by atoms with Gasteiger partial charge in [-0.1, -0.05) is 0 Å². The molecule has 2 aliphatic rings. The zero-order valence-corrected chi connectivity index (χ0v) is 16.6. The van der Waals surface area contributed by atoms with Gasteiger partial charge in [0.1, 0.15) is 18.8 Å². The molecule has 2 fully saturated rings. The molecule has 0 N–H and O–H groups in total. The fraction of sp³-hybridized carbons (Fsp3) is 0.722. The maximum Gasteiger partial charge on any atom is 0.312 e. The first-order valence-corrected chi connectivity index (χ1v) is 9.07. The molecule has 2 aliphatic heterocycles. The maximum absolute atomic E-state index is 12.4. The van der Waals surface area contributed by atoms with Gasteiger partial charge >= 0.3 is 29.8 Å². The molecule has 162 valence electrons. The molecule has 0 aliphatic carbocycles. The molecular weight excluding hydrogens is 392 g/mol. The van der Waals surface area contributed by atoms with Crippen LogP contribution in [0.25, 0.3) is 0 Å². The number of esters is 5. The number of hydrogen-bond donors (Lipinski definition) is 0. The quantitative estimate of drug-likeness (QED) is 0.398. The van der Waals surface area contributed by atoms with Crippen LogP contribution in [-0.2, 0) is 52.4 Å². The van der Waals surface area contributed by atoms with Gasteiger partial charge in [0.2, 0.25) is 0 Å². The SMILES string of the molecule is CC(=O)OCCC1C(=O)O[C@H]2C1O[C@H](COC(C)=O)[C@H](OC(C)=O)C2OC(C)=O. The number of carbonyl (C=O) groups excluding carboxylic acids is 5. The number of rotatable bonds is 7. The van der Waals surface area contributed by atoms with E-state index >= 15 is 0 Å². The lowest BCUT2D eigenvalue weighted by Crippen LogP contribution is -2.61. The van der Waals surface area contributed by atoms with E-state index in [0.717, 1.165) is 13.8 Å². The summed E-state index contributed by atoms with van der Waals surface area (Å²) in [5.41, 5.74) is 0. The number of ether oxygens (including phenoxy) is 6. The van der Waals surface area contributed by atoms with E-state index in [0.29, 0.717) is 0 Å². The Labute approximate surface area is 166 Å². The lowest BCUT2D eigenvalue weighted by Gasteiger charge is -2.42. The zero-order chi connectivity index (χ0) is 21.7. The summed E-state index contributed by atoms with van der Waals surface area (Å²) in [6, 6.07) is 0. The first-order valence-electron chi connectivity index (χ1n) is 9.07. The molecule has 2 rings (SSSR count). The molecule has 3 unspecified atom stereocenters. The van der Waals surface area contributed by atoms with Gasteiger partial charge in [0.25, 0.3) is 0 Å². The van der Waals surface area contributed by atoms with E-state index < -0.39 is 66.3 Å². The molecule has 0 radical (unpaired) electrons. The second-order valence-electron chi connectivity index (χ2n) is 6.73. The van der Waals surface area contributed by atoms with E-state index in [1.807, 2.05) is 0 Å². The Morgan fingerprint density at radius 2 is 1.41 bits per heavy atom. The molecule has 29 heavy (non-hydrogen) atoms. The Morgan fingerprint density at radius 3 is 1.97 bits per heavy atom. The highest BCUT2D eigenvalue weighted by Gasteiger charge is 2.59. The van der Waals surface area contributed by atoms with Crippen LogP contribution in [0.4, 0.5) is 0 Å². The van der Waals surface area contributed by atoms with Crippen LogP contribution in [0, 0.1) is 5.92 Å². The molecule has 6 atom stereocenters. The summed E-state index contributed by atoms with van der Waals surface area (Å²) in [6.45, 7) is 4.41. The maximum atomic E-state index is 12.4. The van der Waals surface area contributed by atoms with Crippen LogP contribution < -0.4 is 0 Å². The van der Waals surface area contributed by atoms with Crippen molar-refractivity contribution in [1.29, 1.82) is 0 Å². The van der Waals surface area contributed by atoms with Crippen LogP contribution in [0.3, 0.4) is 0 Å². The predicted octanol–water partition coefficient (Wildman–Crippen LogP) is -0.325. The Kier molecular flexibility index (Phi) is 7.54. The fourth-order valence-corrected chi connectivity index (χ4v) is 3.36. The second-order valence-corrected chi connectivity index (χ2v) is 6.73. The molecule has 0 aromatic rings. The number of fused-ring (bicyclic) bond motifs is 1. The van der Waals surface area contributed by atoms with E-state index in [-0.39, 0.29) is 19.6 Å². The number of hydrogen-bond acceptors (Lipinski definition) is 11. The van der Waals surface area contributed by atoms with E-state index in [2.05, 4.69) is 0 Å². The smallest absolute Gasteiger partial charge is 0.312 e. The van der Waals surface area contributed by atoms with Gasteiger partial charge in [-0.15, -0.1) is 0 Å². The molecule has 2 heterocycles. The average Bonchev–Trinajstić information content (AvgIpc) is 2.90. The summed E-state index contributed by atoms with van der Waals surface area (Å²) in [5.74, 6) is -3.89. The van der Waals surface area contributed by atoms with Gasteiger partial charge in [-0.25, -0.2) is 0 Å². The summed E-state index contributed by atoms with van der Waals surface area (Å²) in [4.78, 5) is 57.8. The topological polar surface area (TPSA) is 141 Å². The van der Waals surface area contributed by atoms with Crippen molar-refractivity contribution in [3.63, 3.8) is 0 Å². The molecule has 0 spiro atoms. The van der Waals surface area contributed by atoms with Crippen LogP contribution in [0.15, 0.2) is 0 Å². The third kappa shape index (κ3) is 5.89. The molecule has 0 amide bonds. The van der Waals surface area contributed by atoms with E-state index in [1.165, 1.54) is 13.8 Å². The standard InChI is InChI=1S/C18H24O11/c1-8(19)24-6-5-12-14-16(29-18(12)23)17(27-11(4)22)15(26-10(3)21)13(28-14)7-25-9(2)20/h12-17H,5-7H2,1-4H3/t12?,13-,14?,15+,16+,17?/m1/s1. The summed E-state index contributed by atoms with van der Waals surface area (Å²) < 4.78 is 31.6. The van der Waals surface area contributed by atoms with Gasteiger partial charge in [0.15, 0.2) is 18.3 Å². The van der Waals surface area contributed by atoms with Gasteiger partial charge in [-0.3, -0.25) is 24.0 Å². The average molecular weight is 416 g/mol. The van der Waals surface area contributed by atoms with Crippen LogP contribution in [0.5, 0.6) is 0 Å². The predicted molar refractivity (Wildman–Crippen MR) is 91.0 cm³/mol. The molecule has 2 saturated heterocycles. The van der Waals surface area contributed by atoms with Gasteiger partial charge in [0.05, 0.1) is 12.5 Å². The van der Waals surface area contributed by atoms with Gasteiger partial charge < -0.3 is 28.4 Å². The van der Waals surface area contributed by atoms with Crippen LogP contribution >= 0.6 is 0 Å². The van der Waals surface area contributed by atoms with Crippen LogP contribution in [0.1, 0.15) is 34.1 Å². The van der Waals surface area contributed by atoms with Crippen molar-refractivity contribution >= 4 is 29.8 Å². The lowest BCUT2D eigenvalue weighted by atomic mass is 9.88. The Bertz CT molecular complexity index is 673. The summed E-state index contributed by atoms with van der Waals surface area (Å²) in [6.07, 6.45) is -5.11. The molecule has 0 saturated carbocycles. The largest absolute Gasteiger partial charge is 0.466 e. The van der Waals surface area contributed by atoms with E-state index in [4.69, 9.17) is 28.4 Å².